The topological polar surface area (TPSA) is 75.4 Å². The van der Waals surface area contributed by atoms with E-state index in [1.807, 2.05) is 29.2 Å². The van der Waals surface area contributed by atoms with Crippen molar-refractivity contribution < 1.29 is 9.59 Å². The van der Waals surface area contributed by atoms with Gasteiger partial charge in [0.15, 0.2) is 0 Å². The summed E-state index contributed by atoms with van der Waals surface area (Å²) in [4.78, 5) is 26.1. The summed E-state index contributed by atoms with van der Waals surface area (Å²) in [6.45, 7) is 1.92. The fourth-order valence-electron chi connectivity index (χ4n) is 2.71. The van der Waals surface area contributed by atoms with E-state index in [1.165, 1.54) is 4.90 Å². The van der Waals surface area contributed by atoms with E-state index >= 15 is 0 Å². The first-order chi connectivity index (χ1) is 11.5. The van der Waals surface area contributed by atoms with Crippen molar-refractivity contribution in [1.29, 1.82) is 0 Å². The molecule has 1 saturated heterocycles. The summed E-state index contributed by atoms with van der Waals surface area (Å²) in [6, 6.07) is 7.95. The summed E-state index contributed by atoms with van der Waals surface area (Å²) in [5, 5.41) is 3.83. The molecule has 1 aliphatic rings. The second-order valence-corrected chi connectivity index (χ2v) is 7.59. The molecule has 2 rings (SSSR count). The van der Waals surface area contributed by atoms with Gasteiger partial charge in [-0.2, -0.15) is 0 Å². The highest BCUT2D eigenvalue weighted by Crippen LogP contribution is 2.21. The van der Waals surface area contributed by atoms with Gasteiger partial charge in [-0.05, 0) is 49.3 Å². The second kappa shape index (κ2) is 9.91. The Morgan fingerprint density at radius 3 is 2.54 bits per heavy atom. The minimum Gasteiger partial charge on any atom is -0.369 e. The molecule has 0 radical (unpaired) electrons. The van der Waals surface area contributed by atoms with E-state index in [4.69, 9.17) is 17.3 Å². The van der Waals surface area contributed by atoms with E-state index in [2.05, 4.69) is 5.32 Å². The lowest BCUT2D eigenvalue weighted by Gasteiger charge is -2.31. The Morgan fingerprint density at radius 1 is 1.25 bits per heavy atom. The maximum absolute atomic E-state index is 12.0. The van der Waals surface area contributed by atoms with E-state index in [1.54, 1.807) is 11.8 Å². The van der Waals surface area contributed by atoms with Gasteiger partial charge in [0, 0.05) is 35.5 Å². The number of piperidine rings is 1. The number of nitrogens with zero attached hydrogens (tertiary/aromatic N) is 1. The predicted molar refractivity (Wildman–Crippen MR) is 98.2 cm³/mol. The number of thioether (sulfide) groups is 1. The SMILES string of the molecule is NC(=O)CN1CCC(NC(=O)CCCSc2ccc(Cl)cc2)CC1. The minimum absolute atomic E-state index is 0.111. The van der Waals surface area contributed by atoms with Crippen molar-refractivity contribution in [1.82, 2.24) is 10.2 Å². The Bertz CT molecular complexity index is 545. The van der Waals surface area contributed by atoms with Crippen LogP contribution in [0.2, 0.25) is 5.02 Å². The average molecular weight is 370 g/mol. The Balaban J connectivity index is 1.57. The molecule has 0 unspecified atom stereocenters. The highest BCUT2D eigenvalue weighted by atomic mass is 35.5. The molecule has 1 heterocycles. The number of amides is 2. The minimum atomic E-state index is -0.296. The predicted octanol–water partition coefficient (Wildman–Crippen LogP) is 2.28. The zero-order valence-electron chi connectivity index (χ0n) is 13.7. The summed E-state index contributed by atoms with van der Waals surface area (Å²) in [7, 11) is 0. The fourth-order valence-corrected chi connectivity index (χ4v) is 3.69. The summed E-state index contributed by atoms with van der Waals surface area (Å²) < 4.78 is 0. The first-order valence-electron chi connectivity index (χ1n) is 8.21. The van der Waals surface area contributed by atoms with Crippen LogP contribution in [0, 0.1) is 0 Å². The van der Waals surface area contributed by atoms with Gasteiger partial charge in [-0.3, -0.25) is 14.5 Å². The molecule has 24 heavy (non-hydrogen) atoms. The van der Waals surface area contributed by atoms with Gasteiger partial charge >= 0.3 is 0 Å². The zero-order chi connectivity index (χ0) is 17.4. The Hall–Kier alpha value is -1.24. The molecule has 3 N–H and O–H groups in total. The number of hydrogen-bond donors (Lipinski definition) is 2. The first kappa shape index (κ1) is 19.1. The molecular formula is C17H24ClN3O2S. The van der Waals surface area contributed by atoms with Crippen LogP contribution in [0.15, 0.2) is 29.2 Å². The van der Waals surface area contributed by atoms with E-state index < -0.39 is 0 Å². The fraction of sp³-hybridized carbons (Fsp3) is 0.529. The number of halogens is 1. The number of hydrogen-bond acceptors (Lipinski definition) is 4. The molecule has 1 aromatic carbocycles. The van der Waals surface area contributed by atoms with Crippen LogP contribution in [0.4, 0.5) is 0 Å². The van der Waals surface area contributed by atoms with Crippen LogP contribution in [0.5, 0.6) is 0 Å². The normalized spacial score (nSPS) is 16.0. The lowest BCUT2D eigenvalue weighted by molar-refractivity contribution is -0.123. The number of carbonyl (C=O) groups excluding carboxylic acids is 2. The third kappa shape index (κ3) is 7.11. The van der Waals surface area contributed by atoms with Crippen molar-refractivity contribution in [2.24, 2.45) is 5.73 Å². The summed E-state index contributed by atoms with van der Waals surface area (Å²) in [5.41, 5.74) is 5.20. The van der Waals surface area contributed by atoms with E-state index in [9.17, 15) is 9.59 Å². The highest BCUT2D eigenvalue weighted by Gasteiger charge is 2.21. The van der Waals surface area contributed by atoms with E-state index in [0.29, 0.717) is 13.0 Å². The third-order valence-corrected chi connectivity index (χ3v) is 5.31. The maximum atomic E-state index is 12.0. The Morgan fingerprint density at radius 2 is 1.92 bits per heavy atom. The van der Waals surface area contributed by atoms with Crippen LogP contribution in [0.25, 0.3) is 0 Å². The second-order valence-electron chi connectivity index (χ2n) is 5.99. The monoisotopic (exact) mass is 369 g/mol. The maximum Gasteiger partial charge on any atom is 0.231 e. The molecule has 7 heteroatoms. The van der Waals surface area contributed by atoms with Crippen molar-refractivity contribution in [3.8, 4) is 0 Å². The molecule has 1 aromatic rings. The third-order valence-electron chi connectivity index (χ3n) is 3.96. The molecule has 1 aliphatic heterocycles. The van der Waals surface area contributed by atoms with Crippen LogP contribution in [-0.2, 0) is 9.59 Å². The number of nitrogens with one attached hydrogen (secondary N) is 1. The van der Waals surface area contributed by atoms with Crippen molar-refractivity contribution in [2.45, 2.75) is 36.6 Å². The molecule has 0 aliphatic carbocycles. The van der Waals surface area contributed by atoms with Crippen LogP contribution in [0.1, 0.15) is 25.7 Å². The largest absolute Gasteiger partial charge is 0.369 e. The van der Waals surface area contributed by atoms with Crippen LogP contribution < -0.4 is 11.1 Å². The Kier molecular flexibility index (Phi) is 7.88. The van der Waals surface area contributed by atoms with Gasteiger partial charge in [0.05, 0.1) is 6.54 Å². The van der Waals surface area contributed by atoms with Gasteiger partial charge < -0.3 is 11.1 Å². The molecular weight excluding hydrogens is 346 g/mol. The van der Waals surface area contributed by atoms with Crippen LogP contribution in [0.3, 0.4) is 0 Å². The van der Waals surface area contributed by atoms with Crippen molar-refractivity contribution in [2.75, 3.05) is 25.4 Å². The molecule has 132 valence electrons. The number of nitrogens with two attached hydrogens (primary N) is 1. The number of benzene rings is 1. The molecule has 0 saturated carbocycles. The van der Waals surface area contributed by atoms with Gasteiger partial charge in [0.2, 0.25) is 11.8 Å². The van der Waals surface area contributed by atoms with Crippen molar-refractivity contribution in [3.05, 3.63) is 29.3 Å². The standard InChI is InChI=1S/C17H24ClN3O2S/c18-13-3-5-15(6-4-13)24-11-1-2-17(23)20-14-7-9-21(10-8-14)12-16(19)22/h3-6,14H,1-2,7-12H2,(H2,19,22)(H,20,23). The summed E-state index contributed by atoms with van der Waals surface area (Å²) >= 11 is 7.59. The summed E-state index contributed by atoms with van der Waals surface area (Å²) in [6.07, 6.45) is 3.14. The molecule has 5 nitrogen and oxygen atoms in total. The number of likely N-dealkylation sites (tertiary alicyclic amines) is 1. The molecule has 0 spiro atoms. The van der Waals surface area contributed by atoms with Gasteiger partial charge in [0.1, 0.15) is 0 Å². The quantitative estimate of drug-likeness (QED) is 0.544. The number of primary amides is 1. The number of rotatable bonds is 8. The number of carbonyl (C=O) groups is 2. The molecule has 0 atom stereocenters. The van der Waals surface area contributed by atoms with Gasteiger partial charge in [-0.1, -0.05) is 11.6 Å². The van der Waals surface area contributed by atoms with Gasteiger partial charge in [-0.15, -0.1) is 11.8 Å². The molecule has 1 fully saturated rings. The molecule has 0 aromatic heterocycles. The Labute approximate surface area is 152 Å². The lowest BCUT2D eigenvalue weighted by atomic mass is 10.0. The van der Waals surface area contributed by atoms with E-state index in [0.717, 1.165) is 43.1 Å². The smallest absolute Gasteiger partial charge is 0.231 e. The van der Waals surface area contributed by atoms with E-state index in [-0.39, 0.29) is 17.9 Å². The van der Waals surface area contributed by atoms with Gasteiger partial charge in [-0.25, -0.2) is 0 Å². The molecule has 0 bridgehead atoms. The van der Waals surface area contributed by atoms with Crippen LogP contribution in [-0.4, -0.2) is 48.1 Å². The first-order valence-corrected chi connectivity index (χ1v) is 9.57. The van der Waals surface area contributed by atoms with Crippen molar-refractivity contribution >= 4 is 35.2 Å². The van der Waals surface area contributed by atoms with Crippen LogP contribution >= 0.6 is 23.4 Å². The molecule has 2 amide bonds. The van der Waals surface area contributed by atoms with Crippen molar-refractivity contribution in [3.63, 3.8) is 0 Å². The van der Waals surface area contributed by atoms with Gasteiger partial charge in [0.25, 0.3) is 0 Å². The summed E-state index contributed by atoms with van der Waals surface area (Å²) in [5.74, 6) is 0.724. The zero-order valence-corrected chi connectivity index (χ0v) is 15.2. The lowest BCUT2D eigenvalue weighted by Crippen LogP contribution is -2.46. The highest BCUT2D eigenvalue weighted by molar-refractivity contribution is 7.99. The average Bonchev–Trinajstić information content (AvgIpc) is 2.55.